The molecule has 4 aliphatic rings. The van der Waals surface area contributed by atoms with Gasteiger partial charge in [-0.05, 0) is 30.9 Å². The number of carbonyl (C=O) groups is 1. The molecule has 1 unspecified atom stereocenters. The molecule has 1 aromatic carbocycles. The van der Waals surface area contributed by atoms with Crippen molar-refractivity contribution >= 4 is 16.9 Å². The number of nitrogens with zero attached hydrogens (tertiary/aromatic N) is 1. The number of ether oxygens (including phenoxy) is 1. The van der Waals surface area contributed by atoms with Crippen molar-refractivity contribution in [1.82, 2.24) is 4.98 Å². The molecule has 6 rings (SSSR count). The first-order valence-corrected chi connectivity index (χ1v) is 10.3. The summed E-state index contributed by atoms with van der Waals surface area (Å²) >= 11 is 0. The van der Waals surface area contributed by atoms with E-state index in [1.54, 1.807) is 4.90 Å². The summed E-state index contributed by atoms with van der Waals surface area (Å²) in [6.07, 6.45) is 8.11. The Kier molecular flexibility index (Phi) is 4.24. The molecule has 3 aliphatic heterocycles. The lowest BCUT2D eigenvalue weighted by molar-refractivity contribution is -0.949. The van der Waals surface area contributed by atoms with Crippen molar-refractivity contribution in [2.75, 3.05) is 13.1 Å². The second-order valence-corrected chi connectivity index (χ2v) is 8.45. The van der Waals surface area contributed by atoms with Crippen LogP contribution in [0.4, 0.5) is 0 Å². The number of nitrogens with one attached hydrogen (secondary N) is 1. The highest BCUT2D eigenvalue weighted by atomic mass is 16.5. The molecular formula is C23H27N2O2+. The van der Waals surface area contributed by atoms with Gasteiger partial charge in [0.2, 0.25) is 0 Å². The molecule has 3 saturated heterocycles. The summed E-state index contributed by atoms with van der Waals surface area (Å²) < 4.78 is 6.22. The largest absolute Gasteiger partial charge is 0.451 e. The van der Waals surface area contributed by atoms with Gasteiger partial charge in [0.1, 0.15) is 6.04 Å². The minimum atomic E-state index is -0.186. The summed E-state index contributed by atoms with van der Waals surface area (Å²) in [5, 5.41) is 1.11. The van der Waals surface area contributed by atoms with Gasteiger partial charge in [-0.25, -0.2) is 0 Å². The van der Waals surface area contributed by atoms with E-state index in [1.807, 2.05) is 24.4 Å². The minimum Gasteiger partial charge on any atom is -0.451 e. The fraction of sp³-hybridized carbons (Fsp3) is 0.478. The molecule has 4 fully saturated rings. The summed E-state index contributed by atoms with van der Waals surface area (Å²) in [5.74, 6) is 1.37. The third-order valence-electron chi connectivity index (χ3n) is 6.83. The molecule has 0 amide bonds. The minimum absolute atomic E-state index is 0.0109. The smallest absolute Gasteiger partial charge is 0.309 e. The lowest BCUT2D eigenvalue weighted by atomic mass is 9.73. The van der Waals surface area contributed by atoms with Crippen LogP contribution < -0.4 is 4.90 Å². The molecule has 5 atom stereocenters. The quantitative estimate of drug-likeness (QED) is 0.656. The van der Waals surface area contributed by atoms with Crippen molar-refractivity contribution < 1.29 is 14.4 Å². The number of rotatable bonds is 5. The molecule has 4 nitrogen and oxygen atoms in total. The van der Waals surface area contributed by atoms with E-state index in [2.05, 4.69) is 29.8 Å². The lowest BCUT2D eigenvalue weighted by Gasteiger charge is -2.48. The number of fused-ring (bicyclic) bond motifs is 4. The number of carbonyl (C=O) groups excluding carboxylic acids is 1. The van der Waals surface area contributed by atoms with Crippen LogP contribution in [0.15, 0.2) is 49.2 Å². The van der Waals surface area contributed by atoms with Gasteiger partial charge in [0, 0.05) is 35.9 Å². The molecule has 1 aliphatic carbocycles. The number of esters is 1. The van der Waals surface area contributed by atoms with Gasteiger partial charge in [0.25, 0.3) is 0 Å². The molecule has 2 bridgehead atoms. The molecule has 2 aromatic rings. The van der Waals surface area contributed by atoms with E-state index in [-0.39, 0.29) is 18.0 Å². The van der Waals surface area contributed by atoms with Crippen molar-refractivity contribution in [1.29, 1.82) is 0 Å². The van der Waals surface area contributed by atoms with Crippen LogP contribution in [0.1, 0.15) is 37.4 Å². The molecule has 27 heavy (non-hydrogen) atoms. The highest BCUT2D eigenvalue weighted by molar-refractivity contribution is 5.83. The van der Waals surface area contributed by atoms with Crippen LogP contribution in [0.2, 0.25) is 0 Å². The predicted octanol–water partition coefficient (Wildman–Crippen LogP) is 2.71. The van der Waals surface area contributed by atoms with E-state index in [9.17, 15) is 4.79 Å². The lowest BCUT2D eigenvalue weighted by Crippen LogP contribution is -3.20. The second-order valence-electron chi connectivity index (χ2n) is 8.45. The third kappa shape index (κ3) is 3.06. The zero-order chi connectivity index (χ0) is 18.4. The number of piperidine rings is 3. The molecular weight excluding hydrogens is 336 g/mol. The SMILES string of the molecule is C=C[C@@H]1C[NH+]2CC[C@H]1C[C@H]2[C@H](OC(=O)C1CC1)c1ccnc2ccccc12. The van der Waals surface area contributed by atoms with Crippen molar-refractivity contribution in [2.45, 2.75) is 37.8 Å². The number of aromatic nitrogens is 1. The fourth-order valence-electron chi connectivity index (χ4n) is 5.16. The van der Waals surface area contributed by atoms with Crippen LogP contribution in [-0.4, -0.2) is 30.1 Å². The Morgan fingerprint density at radius 1 is 1.26 bits per heavy atom. The zero-order valence-corrected chi connectivity index (χ0v) is 15.6. The van der Waals surface area contributed by atoms with Crippen molar-refractivity contribution in [2.24, 2.45) is 17.8 Å². The van der Waals surface area contributed by atoms with Gasteiger partial charge in [0.05, 0.1) is 24.5 Å². The maximum absolute atomic E-state index is 12.6. The van der Waals surface area contributed by atoms with Gasteiger partial charge in [0.15, 0.2) is 6.10 Å². The van der Waals surface area contributed by atoms with E-state index < -0.39 is 0 Å². The number of hydrogen-bond donors (Lipinski definition) is 1. The maximum Gasteiger partial charge on any atom is 0.309 e. The summed E-state index contributed by atoms with van der Waals surface area (Å²) in [7, 11) is 0. The fourth-order valence-corrected chi connectivity index (χ4v) is 5.16. The van der Waals surface area contributed by atoms with E-state index in [0.29, 0.717) is 17.9 Å². The molecule has 1 saturated carbocycles. The second kappa shape index (κ2) is 6.75. The Balaban J connectivity index is 1.53. The van der Waals surface area contributed by atoms with Crippen LogP contribution in [-0.2, 0) is 9.53 Å². The van der Waals surface area contributed by atoms with Crippen LogP contribution in [0, 0.1) is 17.8 Å². The number of pyridine rings is 1. The summed E-state index contributed by atoms with van der Waals surface area (Å²) in [6.45, 7) is 6.32. The number of hydrogen-bond acceptors (Lipinski definition) is 3. The van der Waals surface area contributed by atoms with Gasteiger partial charge in [-0.2, -0.15) is 0 Å². The number of para-hydroxylation sites is 1. The van der Waals surface area contributed by atoms with Crippen LogP contribution >= 0.6 is 0 Å². The monoisotopic (exact) mass is 363 g/mol. The highest BCUT2D eigenvalue weighted by Gasteiger charge is 2.48. The van der Waals surface area contributed by atoms with Crippen molar-refractivity contribution in [3.05, 3.63) is 54.7 Å². The Morgan fingerprint density at radius 2 is 2.11 bits per heavy atom. The molecule has 4 heteroatoms. The van der Waals surface area contributed by atoms with Gasteiger partial charge in [-0.3, -0.25) is 9.78 Å². The first kappa shape index (κ1) is 16.9. The van der Waals surface area contributed by atoms with E-state index in [1.165, 1.54) is 13.0 Å². The van der Waals surface area contributed by atoms with Gasteiger partial charge in [-0.1, -0.05) is 24.3 Å². The van der Waals surface area contributed by atoms with Gasteiger partial charge >= 0.3 is 5.97 Å². The predicted molar refractivity (Wildman–Crippen MR) is 104 cm³/mol. The molecule has 1 N–H and O–H groups in total. The zero-order valence-electron chi connectivity index (χ0n) is 15.6. The topological polar surface area (TPSA) is 43.6 Å². The van der Waals surface area contributed by atoms with Gasteiger partial charge in [-0.15, -0.1) is 6.58 Å². The molecule has 0 spiro atoms. The summed E-state index contributed by atoms with van der Waals surface area (Å²) in [4.78, 5) is 18.7. The highest BCUT2D eigenvalue weighted by Crippen LogP contribution is 2.38. The number of benzene rings is 1. The number of quaternary nitrogens is 1. The van der Waals surface area contributed by atoms with E-state index in [0.717, 1.165) is 42.3 Å². The Morgan fingerprint density at radius 3 is 2.85 bits per heavy atom. The Hall–Kier alpha value is -2.20. The molecule has 140 valence electrons. The Bertz CT molecular complexity index is 870. The Labute approximate surface area is 160 Å². The first-order chi connectivity index (χ1) is 13.2. The normalized spacial score (nSPS) is 30.8. The van der Waals surface area contributed by atoms with Crippen molar-refractivity contribution in [3.8, 4) is 0 Å². The first-order valence-electron chi connectivity index (χ1n) is 10.3. The van der Waals surface area contributed by atoms with Crippen LogP contribution in [0.25, 0.3) is 10.9 Å². The van der Waals surface area contributed by atoms with E-state index >= 15 is 0 Å². The third-order valence-corrected chi connectivity index (χ3v) is 6.83. The molecule has 0 radical (unpaired) electrons. The molecule has 1 aromatic heterocycles. The van der Waals surface area contributed by atoms with Crippen LogP contribution in [0.5, 0.6) is 0 Å². The van der Waals surface area contributed by atoms with Crippen molar-refractivity contribution in [3.63, 3.8) is 0 Å². The summed E-state index contributed by atoms with van der Waals surface area (Å²) in [5.41, 5.74) is 2.09. The summed E-state index contributed by atoms with van der Waals surface area (Å²) in [6, 6.07) is 10.6. The average molecular weight is 363 g/mol. The average Bonchev–Trinajstić information content (AvgIpc) is 3.57. The van der Waals surface area contributed by atoms with Gasteiger partial charge < -0.3 is 9.64 Å². The molecule has 4 heterocycles. The van der Waals surface area contributed by atoms with Crippen LogP contribution in [0.3, 0.4) is 0 Å². The van der Waals surface area contributed by atoms with E-state index in [4.69, 9.17) is 4.74 Å². The maximum atomic E-state index is 12.6. The standard InChI is InChI=1S/C23H26N2O2/c1-2-15-14-25-12-10-17(15)13-21(25)22(27-23(26)16-7-8-16)19-9-11-24-20-6-4-3-5-18(19)20/h2-6,9,11,15-17,21-22H,1,7-8,10,12-14H2/p+1/t15-,17+,21+,22-/m1/s1.